The monoisotopic (exact) mass is 1230 g/mol. The zero-order valence-corrected chi connectivity index (χ0v) is 41.3. The van der Waals surface area contributed by atoms with Gasteiger partial charge in [-0.1, -0.05) is 0 Å². The van der Waals surface area contributed by atoms with E-state index in [0.29, 0.717) is 9.80 Å². The number of rotatable bonds is 33. The second-order valence-electron chi connectivity index (χ2n) is 14.6. The van der Waals surface area contributed by atoms with Gasteiger partial charge >= 0.3 is 87.7 Å². The molecule has 0 aliphatic heterocycles. The van der Waals surface area contributed by atoms with E-state index in [0.717, 1.165) is 0 Å². The number of aromatic nitrogens is 4. The number of imidazole rings is 2. The topological polar surface area (TPSA) is 508 Å². The molecule has 3 atom stereocenters. The van der Waals surface area contributed by atoms with Crippen LogP contribution in [-0.2, 0) is 113 Å². The first kappa shape index (κ1) is 70.0. The van der Waals surface area contributed by atoms with Crippen molar-refractivity contribution >= 4 is 71.5 Å². The molecule has 0 saturated carbocycles. The summed E-state index contributed by atoms with van der Waals surface area (Å²) in [6.45, 7) is 8.68. The number of unbranched alkanes of at least 4 members (excludes halogenated alkanes) is 1. The summed E-state index contributed by atoms with van der Waals surface area (Å²) in [7, 11) is 0. The Bertz CT molecular complexity index is 2160. The van der Waals surface area contributed by atoms with Crippen molar-refractivity contribution in [2.75, 3.05) is 32.7 Å². The van der Waals surface area contributed by atoms with E-state index in [1.807, 2.05) is 10.6 Å². The van der Waals surface area contributed by atoms with Gasteiger partial charge < -0.3 is 75.7 Å². The zero-order valence-electron chi connectivity index (χ0n) is 38.6. The number of carboxylic acid groups (broad SMARTS) is 8. The van der Waals surface area contributed by atoms with Gasteiger partial charge in [0.2, 0.25) is 17.7 Å². The van der Waals surface area contributed by atoms with Gasteiger partial charge in [0.1, 0.15) is 69.0 Å². The Hall–Kier alpha value is -8.30. The predicted octanol–water partition coefficient (Wildman–Crippen LogP) is -3.45. The fraction of sp³-hybridized carbons (Fsp3) is 0.475. The first-order valence-electron chi connectivity index (χ1n) is 20.5. The van der Waals surface area contributed by atoms with Gasteiger partial charge in [0.25, 0.3) is 0 Å². The van der Waals surface area contributed by atoms with Crippen molar-refractivity contribution < 1.29 is 133 Å². The van der Waals surface area contributed by atoms with Crippen molar-refractivity contribution in [2.24, 2.45) is 0 Å². The Morgan fingerprint density at radius 2 is 0.865 bits per heavy atom. The summed E-state index contributed by atoms with van der Waals surface area (Å²) in [5.41, 5.74) is 0. The van der Waals surface area contributed by atoms with Crippen molar-refractivity contribution in [2.45, 2.75) is 89.3 Å². The molecule has 0 bridgehead atoms. The number of nitrogens with zero attached hydrogens (tertiary/aromatic N) is 7. The predicted molar refractivity (Wildman–Crippen MR) is 228 cm³/mol. The molecule has 2 heterocycles. The molecule has 34 heteroatoms. The third-order valence-corrected chi connectivity index (χ3v) is 9.32. The summed E-state index contributed by atoms with van der Waals surface area (Å²) < 4.78 is 25.1. The number of urea groups is 1. The summed E-state index contributed by atoms with van der Waals surface area (Å²) in [5, 5.41) is 80.4. The maximum Gasteiger partial charge on any atom is 0 e. The molecule has 0 aliphatic rings. The van der Waals surface area contributed by atoms with E-state index in [-0.39, 0.29) is 71.0 Å². The van der Waals surface area contributed by atoms with Gasteiger partial charge in [-0.2, -0.15) is 0 Å². The third kappa shape index (κ3) is 29.1. The van der Waals surface area contributed by atoms with Crippen LogP contribution in [0.4, 0.5) is 4.79 Å². The normalized spacial score (nSPS) is 11.1. The van der Waals surface area contributed by atoms with Crippen molar-refractivity contribution in [3.8, 4) is 0 Å². The third-order valence-electron chi connectivity index (χ3n) is 9.32. The van der Waals surface area contributed by atoms with Gasteiger partial charge in [-0.3, -0.25) is 43.3 Å². The Morgan fingerprint density at radius 3 is 1.20 bits per heavy atom. The van der Waals surface area contributed by atoms with Crippen molar-refractivity contribution in [3.63, 3.8) is 0 Å². The van der Waals surface area contributed by atoms with E-state index in [4.69, 9.17) is 19.1 Å². The standard InChI is InChI=1S/C37H50N10O20.3CO.Re/c48-26(6-4-22(35(63)64)41-37(67)42-23(36(65)66)5-7-29(51)52)40-21(34(61)62)3-1-2-10-43(13-24-38-8-11-44(24)15-27(49)46(17-30(53)54)18-31(55)56)14-25-39-9-12-45(25)16-28(50)47(19-32(57)58)20-33(59)60;3*1-2;/h8-9,11-12,21-23H,1-7,10,13-20H2,(H,40,48)(H,51,52)(H,53,54)(H,55,56)(H,57,58)(H,59,60)(H,61,62)(H,63,64)(H,65,66)(H2,41,42,67);;;;/t21-,22-,23-;;;;/m0..../s1. The number of amides is 5. The van der Waals surface area contributed by atoms with E-state index in [1.54, 1.807) is 4.90 Å². The molecular weight excluding hydrogens is 1170 g/mol. The van der Waals surface area contributed by atoms with Crippen molar-refractivity contribution in [1.82, 2.24) is 49.8 Å². The fourth-order valence-corrected chi connectivity index (χ4v) is 6.12. The Morgan fingerprint density at radius 1 is 0.514 bits per heavy atom. The molecule has 2 rings (SSSR count). The van der Waals surface area contributed by atoms with E-state index >= 15 is 0 Å². The minimum Gasteiger partial charge on any atom is 0 e. The summed E-state index contributed by atoms with van der Waals surface area (Å²) in [4.78, 5) is 154. The van der Waals surface area contributed by atoms with Crippen LogP contribution in [0.15, 0.2) is 24.8 Å². The molecule has 0 unspecified atom stereocenters. The van der Waals surface area contributed by atoms with Crippen LogP contribution < -0.4 is 16.0 Å². The second-order valence-corrected chi connectivity index (χ2v) is 14.6. The first-order valence-corrected chi connectivity index (χ1v) is 20.5. The number of hydrogen-bond donors (Lipinski definition) is 11. The molecule has 0 aromatic carbocycles. The van der Waals surface area contributed by atoms with E-state index in [1.165, 1.54) is 33.9 Å². The number of aliphatic carboxylic acids is 8. The number of carboxylic acids is 8. The smallest absolute Gasteiger partial charge is 0 e. The van der Waals surface area contributed by atoms with Gasteiger partial charge in [-0.25, -0.2) is 29.1 Å². The molecule has 0 aliphatic carbocycles. The summed E-state index contributed by atoms with van der Waals surface area (Å²) in [6, 6.07) is -6.22. The molecule has 1 radical (unpaired) electrons. The molecule has 33 nitrogen and oxygen atoms in total. The van der Waals surface area contributed by atoms with Crippen LogP contribution in [0.5, 0.6) is 0 Å². The number of nitrogens with one attached hydrogen (secondary N) is 3. The molecule has 74 heavy (non-hydrogen) atoms. The molecule has 2 aromatic rings. The quantitative estimate of drug-likeness (QED) is 0.0188. The molecule has 5 amide bonds. The van der Waals surface area contributed by atoms with Crippen LogP contribution in [0.2, 0.25) is 0 Å². The molecule has 0 fully saturated rings. The Labute approximate surface area is 431 Å². The zero-order chi connectivity index (χ0) is 56.4. The fourth-order valence-electron chi connectivity index (χ4n) is 6.12. The van der Waals surface area contributed by atoms with Gasteiger partial charge in [0.15, 0.2) is 0 Å². The maximum absolute atomic E-state index is 13.0. The van der Waals surface area contributed by atoms with Crippen LogP contribution in [0.25, 0.3) is 0 Å². The van der Waals surface area contributed by atoms with Crippen molar-refractivity contribution in [1.29, 1.82) is 0 Å². The largest absolute Gasteiger partial charge is 0 e. The molecule has 405 valence electrons. The van der Waals surface area contributed by atoms with Gasteiger partial charge in [-0.15, -0.1) is 0 Å². The van der Waals surface area contributed by atoms with Crippen molar-refractivity contribution in [3.05, 3.63) is 56.4 Å². The summed E-state index contributed by atoms with van der Waals surface area (Å²) in [5.74, 6) is -14.2. The second kappa shape index (κ2) is 38.4. The summed E-state index contributed by atoms with van der Waals surface area (Å²) >= 11 is 0. The van der Waals surface area contributed by atoms with E-state index < -0.39 is 155 Å². The Kier molecular flexibility index (Phi) is 36.3. The average molecular weight is 1230 g/mol. The molecular formula is C40H50N10O23Re. The molecule has 0 spiro atoms. The molecule has 11 N–H and O–H groups in total. The van der Waals surface area contributed by atoms with E-state index in [9.17, 15) is 93.3 Å². The van der Waals surface area contributed by atoms with Crippen LogP contribution in [0, 0.1) is 20.0 Å². The van der Waals surface area contributed by atoms with Gasteiger partial charge in [0.05, 0.1) is 13.1 Å². The minimum absolute atomic E-state index is 0. The first-order chi connectivity index (χ1) is 34.4. The number of carbonyl (C=O) groups excluding carboxylic acids is 4. The number of carbonyl (C=O) groups is 12. The number of hydrogen-bond acceptors (Lipinski definition) is 15. The van der Waals surface area contributed by atoms with Crippen LogP contribution in [0.1, 0.15) is 56.6 Å². The molecule has 2 aromatic heterocycles. The minimum atomic E-state index is -1.75. The van der Waals surface area contributed by atoms with Gasteiger partial charge in [0, 0.05) is 58.1 Å². The van der Waals surface area contributed by atoms with Crippen LogP contribution >= 0.6 is 0 Å². The van der Waals surface area contributed by atoms with Crippen LogP contribution in [0.3, 0.4) is 0 Å². The molecule has 0 saturated heterocycles. The van der Waals surface area contributed by atoms with E-state index in [2.05, 4.69) is 35.2 Å². The van der Waals surface area contributed by atoms with Gasteiger partial charge in [-0.05, 0) is 38.6 Å². The average Bonchev–Trinajstić information content (AvgIpc) is 3.95. The Balaban J connectivity index is -0.00000693. The SMILES string of the molecule is O=C(O)CC[C@H](NC(=O)N[C@@H](CCC(=O)N[C@@H](CCCCN(Cc1nccn1CC(=O)N(CC(=O)O)CC(=O)O)Cc1nccn1CC(=O)N(CC(=O)O)CC(=O)O)C(=O)O)C(=O)O)C(=O)O.[C-]#[O+].[C-]#[O+].[C-]#[O+].[Re]. The van der Waals surface area contributed by atoms with Crippen LogP contribution in [-0.4, -0.2) is 197 Å². The maximum atomic E-state index is 13.0. The summed E-state index contributed by atoms with van der Waals surface area (Å²) in [6.07, 6.45) is 3.15.